The van der Waals surface area contributed by atoms with Gasteiger partial charge in [-0.1, -0.05) is 25.1 Å². The predicted molar refractivity (Wildman–Crippen MR) is 82.6 cm³/mol. The number of carbonyl (C=O) groups is 1. The van der Waals surface area contributed by atoms with Gasteiger partial charge in [0.05, 0.1) is 6.61 Å². The lowest BCUT2D eigenvalue weighted by Crippen LogP contribution is -2.48. The van der Waals surface area contributed by atoms with Crippen LogP contribution >= 0.6 is 0 Å². The molecule has 1 atom stereocenters. The zero-order valence-corrected chi connectivity index (χ0v) is 12.8. The first kappa shape index (κ1) is 14.4. The number of benzene rings is 1. The number of ether oxygens (including phenoxy) is 1. The van der Waals surface area contributed by atoms with Crippen LogP contribution in [-0.2, 0) is 4.79 Å². The van der Waals surface area contributed by atoms with E-state index in [0.717, 1.165) is 51.5 Å². The predicted octanol–water partition coefficient (Wildman–Crippen LogP) is 2.11. The summed E-state index contributed by atoms with van der Waals surface area (Å²) < 4.78 is 5.68. The van der Waals surface area contributed by atoms with Crippen LogP contribution in [0.1, 0.15) is 31.2 Å². The van der Waals surface area contributed by atoms with Gasteiger partial charge in [-0.15, -0.1) is 0 Å². The minimum Gasteiger partial charge on any atom is -0.493 e. The van der Waals surface area contributed by atoms with Crippen molar-refractivity contribution in [1.82, 2.24) is 9.80 Å². The first-order chi connectivity index (χ1) is 10.3. The molecule has 114 valence electrons. The first-order valence-corrected chi connectivity index (χ1v) is 7.99. The molecular formula is C17H24N2O2. The lowest BCUT2D eigenvalue weighted by Gasteiger charge is -2.35. The second-order valence-corrected chi connectivity index (χ2v) is 5.89. The zero-order chi connectivity index (χ0) is 14.7. The molecule has 4 nitrogen and oxygen atoms in total. The highest BCUT2D eigenvalue weighted by molar-refractivity contribution is 5.77. The molecule has 4 heteroatoms. The molecule has 1 unspecified atom stereocenters. The highest BCUT2D eigenvalue weighted by atomic mass is 16.5. The topological polar surface area (TPSA) is 32.8 Å². The highest BCUT2D eigenvalue weighted by Crippen LogP contribution is 2.35. The highest BCUT2D eigenvalue weighted by Gasteiger charge is 2.27. The number of likely N-dealkylation sites (N-methyl/N-ethyl adjacent to an activating group) is 1. The number of fused-ring (bicyclic) bond motifs is 1. The minimum absolute atomic E-state index is 0.299. The average Bonchev–Trinajstić information content (AvgIpc) is 2.55. The maximum atomic E-state index is 12.5. The maximum Gasteiger partial charge on any atom is 0.223 e. The molecule has 1 fully saturated rings. The Morgan fingerprint density at radius 1 is 1.24 bits per heavy atom. The Bertz CT molecular complexity index is 495. The lowest BCUT2D eigenvalue weighted by molar-refractivity contribution is -0.133. The summed E-state index contributed by atoms with van der Waals surface area (Å²) in [7, 11) is 0. The van der Waals surface area contributed by atoms with E-state index >= 15 is 0 Å². The van der Waals surface area contributed by atoms with Gasteiger partial charge in [0.15, 0.2) is 0 Å². The quantitative estimate of drug-likeness (QED) is 0.854. The molecule has 2 aliphatic rings. The third-order valence-corrected chi connectivity index (χ3v) is 4.68. The Kier molecular flexibility index (Phi) is 4.44. The van der Waals surface area contributed by atoms with Gasteiger partial charge in [-0.05, 0) is 30.5 Å². The Balaban J connectivity index is 1.61. The van der Waals surface area contributed by atoms with Crippen molar-refractivity contribution in [3.63, 3.8) is 0 Å². The van der Waals surface area contributed by atoms with E-state index in [1.54, 1.807) is 0 Å². The average molecular weight is 288 g/mol. The fraction of sp³-hybridized carbons (Fsp3) is 0.588. The Morgan fingerprint density at radius 2 is 2.00 bits per heavy atom. The van der Waals surface area contributed by atoms with Crippen LogP contribution < -0.4 is 4.74 Å². The summed E-state index contributed by atoms with van der Waals surface area (Å²) in [5.74, 6) is 1.57. The SMILES string of the molecule is CCN1CCN(C(=O)CC2CCOc3ccccc32)CC1. The number of hydrogen-bond donors (Lipinski definition) is 0. The number of nitrogens with zero attached hydrogens (tertiary/aromatic N) is 2. The molecule has 3 rings (SSSR count). The van der Waals surface area contributed by atoms with Crippen LogP contribution in [0.25, 0.3) is 0 Å². The van der Waals surface area contributed by atoms with E-state index in [2.05, 4.69) is 17.9 Å². The fourth-order valence-corrected chi connectivity index (χ4v) is 3.28. The van der Waals surface area contributed by atoms with Crippen LogP contribution in [0.2, 0.25) is 0 Å². The Hall–Kier alpha value is -1.55. The number of rotatable bonds is 3. The van der Waals surface area contributed by atoms with Gasteiger partial charge in [-0.25, -0.2) is 0 Å². The van der Waals surface area contributed by atoms with E-state index < -0.39 is 0 Å². The number of carbonyl (C=O) groups excluding carboxylic acids is 1. The molecule has 0 N–H and O–H groups in total. The monoisotopic (exact) mass is 288 g/mol. The van der Waals surface area contributed by atoms with Crippen molar-refractivity contribution in [1.29, 1.82) is 0 Å². The number of para-hydroxylation sites is 1. The molecule has 0 aromatic heterocycles. The maximum absolute atomic E-state index is 12.5. The lowest BCUT2D eigenvalue weighted by atomic mass is 9.90. The summed E-state index contributed by atoms with van der Waals surface area (Å²) in [5.41, 5.74) is 1.20. The first-order valence-electron chi connectivity index (χ1n) is 7.99. The van der Waals surface area contributed by atoms with Gasteiger partial charge >= 0.3 is 0 Å². The summed E-state index contributed by atoms with van der Waals surface area (Å²) in [4.78, 5) is 17.0. The van der Waals surface area contributed by atoms with Gasteiger partial charge in [-0.3, -0.25) is 4.79 Å². The molecule has 2 aliphatic heterocycles. The number of piperazine rings is 1. The van der Waals surface area contributed by atoms with E-state index in [1.165, 1.54) is 5.56 Å². The molecule has 1 aromatic carbocycles. The van der Waals surface area contributed by atoms with Crippen LogP contribution in [-0.4, -0.2) is 55.0 Å². The van der Waals surface area contributed by atoms with Gasteiger partial charge in [0.2, 0.25) is 5.91 Å². The van der Waals surface area contributed by atoms with Crippen molar-refractivity contribution in [3.05, 3.63) is 29.8 Å². The fourth-order valence-electron chi connectivity index (χ4n) is 3.28. The van der Waals surface area contributed by atoms with E-state index in [1.807, 2.05) is 23.1 Å². The second kappa shape index (κ2) is 6.48. The summed E-state index contributed by atoms with van der Waals surface area (Å²) in [6.07, 6.45) is 1.56. The Morgan fingerprint density at radius 3 is 2.76 bits per heavy atom. The van der Waals surface area contributed by atoms with Gasteiger partial charge < -0.3 is 14.5 Å². The van der Waals surface area contributed by atoms with Crippen LogP contribution in [0.5, 0.6) is 5.75 Å². The van der Waals surface area contributed by atoms with Crippen LogP contribution in [0.3, 0.4) is 0 Å². The van der Waals surface area contributed by atoms with Crippen LogP contribution in [0.4, 0.5) is 0 Å². The van der Waals surface area contributed by atoms with Gasteiger partial charge in [0, 0.05) is 32.6 Å². The summed E-state index contributed by atoms with van der Waals surface area (Å²) >= 11 is 0. The minimum atomic E-state index is 0.299. The molecule has 2 heterocycles. The number of amides is 1. The molecule has 1 aromatic rings. The third-order valence-electron chi connectivity index (χ3n) is 4.68. The molecular weight excluding hydrogens is 264 g/mol. The normalized spacial score (nSPS) is 22.5. The Labute approximate surface area is 126 Å². The van der Waals surface area contributed by atoms with Crippen molar-refractivity contribution >= 4 is 5.91 Å². The summed E-state index contributed by atoms with van der Waals surface area (Å²) in [5, 5.41) is 0. The molecule has 0 bridgehead atoms. The largest absolute Gasteiger partial charge is 0.493 e. The van der Waals surface area contributed by atoms with E-state index in [9.17, 15) is 4.79 Å². The molecule has 1 amide bonds. The van der Waals surface area contributed by atoms with Gasteiger partial charge in [-0.2, -0.15) is 0 Å². The van der Waals surface area contributed by atoms with Gasteiger partial charge in [0.25, 0.3) is 0 Å². The standard InChI is InChI=1S/C17H24N2O2/c1-2-18-8-10-19(11-9-18)17(20)13-14-7-12-21-16-6-4-3-5-15(14)16/h3-6,14H,2,7-13H2,1H3. The zero-order valence-electron chi connectivity index (χ0n) is 12.8. The van der Waals surface area contributed by atoms with Crippen LogP contribution in [0, 0.1) is 0 Å². The summed E-state index contributed by atoms with van der Waals surface area (Å²) in [6, 6.07) is 8.13. The third kappa shape index (κ3) is 3.21. The molecule has 1 saturated heterocycles. The van der Waals surface area contributed by atoms with Crippen molar-refractivity contribution in [3.8, 4) is 5.75 Å². The molecule has 0 radical (unpaired) electrons. The molecule has 0 spiro atoms. The second-order valence-electron chi connectivity index (χ2n) is 5.89. The van der Waals surface area contributed by atoms with E-state index in [-0.39, 0.29) is 0 Å². The molecule has 21 heavy (non-hydrogen) atoms. The van der Waals surface area contributed by atoms with Crippen LogP contribution in [0.15, 0.2) is 24.3 Å². The molecule has 0 saturated carbocycles. The smallest absolute Gasteiger partial charge is 0.223 e. The van der Waals surface area contributed by atoms with E-state index in [4.69, 9.17) is 4.74 Å². The van der Waals surface area contributed by atoms with Gasteiger partial charge in [0.1, 0.15) is 5.75 Å². The summed E-state index contributed by atoms with van der Waals surface area (Å²) in [6.45, 7) is 7.73. The van der Waals surface area contributed by atoms with Crippen molar-refractivity contribution < 1.29 is 9.53 Å². The van der Waals surface area contributed by atoms with E-state index in [0.29, 0.717) is 18.2 Å². The number of hydrogen-bond acceptors (Lipinski definition) is 3. The van der Waals surface area contributed by atoms with Crippen molar-refractivity contribution in [2.45, 2.75) is 25.7 Å². The van der Waals surface area contributed by atoms with Crippen molar-refractivity contribution in [2.75, 3.05) is 39.3 Å². The van der Waals surface area contributed by atoms with Crippen molar-refractivity contribution in [2.24, 2.45) is 0 Å². The molecule has 0 aliphatic carbocycles.